The Morgan fingerprint density at radius 3 is 1.12 bits per heavy atom. The van der Waals surface area contributed by atoms with Gasteiger partial charge in [-0.25, -0.2) is 0 Å². The second-order valence-electron chi connectivity index (χ2n) is 29.4. The zero-order valence-electron chi connectivity index (χ0n) is 53.6. The lowest BCUT2D eigenvalue weighted by atomic mass is 9.87. The molecule has 20 heteroatoms. The van der Waals surface area contributed by atoms with Gasteiger partial charge >= 0.3 is 41.8 Å². The van der Waals surface area contributed by atoms with Gasteiger partial charge in [0.15, 0.2) is 36.6 Å². The minimum Gasteiger partial charge on any atom is -0.462 e. The Labute approximate surface area is 495 Å². The van der Waals surface area contributed by atoms with Gasteiger partial charge in [0.1, 0.15) is 44.6 Å². The molecule has 0 N–H and O–H groups in total. The molecule has 3 fully saturated rings. The van der Waals surface area contributed by atoms with E-state index in [-0.39, 0.29) is 13.1 Å². The van der Waals surface area contributed by atoms with E-state index in [2.05, 4.69) is 0 Å². The predicted octanol–water partition coefficient (Wildman–Crippen LogP) is 9.69. The van der Waals surface area contributed by atoms with E-state index in [1.165, 1.54) is 16.4 Å². The quantitative estimate of drug-likeness (QED) is 0.142. The van der Waals surface area contributed by atoms with Crippen LogP contribution in [0.25, 0.3) is 0 Å². The number of hydrogen-bond acceptors (Lipinski definition) is 18. The number of hydrogen-bond donors (Lipinski definition) is 0. The molecule has 2 amide bonds. The number of amides is 2. The van der Waals surface area contributed by atoms with Gasteiger partial charge < -0.3 is 52.4 Å². The number of nitrogens with zero attached hydrogens (tertiary/aromatic N) is 2. The Kier molecular flexibility index (Phi) is 20.3. The van der Waals surface area contributed by atoms with E-state index in [4.69, 9.17) is 42.6 Å². The lowest BCUT2D eigenvalue weighted by molar-refractivity contribution is -0.262. The van der Waals surface area contributed by atoms with E-state index >= 15 is 0 Å². The molecule has 3 heterocycles. The molecular weight excluding hydrogens is 1080 g/mol. The molecule has 0 spiro atoms. The van der Waals surface area contributed by atoms with Gasteiger partial charge in [-0.3, -0.25) is 43.2 Å². The first kappa shape index (κ1) is 68.4. The highest BCUT2D eigenvalue weighted by molar-refractivity contribution is 6.12. The average Bonchev–Trinajstić information content (AvgIpc) is 1.10. The molecular formula is C64H91N2O18. The van der Waals surface area contributed by atoms with Crippen LogP contribution in [0, 0.1) is 58.4 Å². The second kappa shape index (κ2) is 24.9. The smallest absolute Gasteiger partial charge is 0.311 e. The maximum atomic E-state index is 14.3. The SMILES string of the molecule is Cc1cc(N2CC(=O)N(c3ccc([C@H]4O[CH][C@@H](OC(=O)C(C)(C)C)[C@@H](OC(=O)C(C)(C)C)[C@@H]4OC(=O)C(C)(C)C)c(C)c3)CC2=O)ccc1[C@H]1O[C@H](COC(=O)C(C)(C)C)[C@@H](OC(=O)C(C)(C)C)[C@H](OC(=O)C(C)(C)C)[C@@H]1OC(=O)C(C)(C)C. The van der Waals surface area contributed by atoms with Crippen LogP contribution in [0.1, 0.15) is 180 Å². The number of esters is 7. The van der Waals surface area contributed by atoms with Crippen molar-refractivity contribution in [3.05, 3.63) is 65.3 Å². The Hall–Kier alpha value is -6.41. The number of ether oxygens (including phenoxy) is 9. The van der Waals surface area contributed by atoms with Crippen molar-refractivity contribution in [3.8, 4) is 0 Å². The average molecular weight is 1180 g/mol. The Morgan fingerprint density at radius 1 is 0.429 bits per heavy atom. The fourth-order valence-corrected chi connectivity index (χ4v) is 8.55. The zero-order valence-corrected chi connectivity index (χ0v) is 53.6. The fraction of sp³-hybridized carbons (Fsp3) is 0.656. The molecule has 20 nitrogen and oxygen atoms in total. The second-order valence-corrected chi connectivity index (χ2v) is 29.4. The van der Waals surface area contributed by atoms with Gasteiger partial charge in [0.2, 0.25) is 11.8 Å². The maximum Gasteiger partial charge on any atom is 0.311 e. The molecule has 9 atom stereocenters. The molecule has 0 saturated carbocycles. The van der Waals surface area contributed by atoms with E-state index in [1.54, 1.807) is 196 Å². The molecule has 3 aliphatic rings. The summed E-state index contributed by atoms with van der Waals surface area (Å²) in [6.07, 6.45) is -11.9. The number of carbonyl (C=O) groups excluding carboxylic acids is 9. The Bertz CT molecular complexity index is 2840. The van der Waals surface area contributed by atoms with Gasteiger partial charge in [0.05, 0.1) is 37.9 Å². The van der Waals surface area contributed by atoms with Crippen LogP contribution in [-0.2, 0) is 85.8 Å². The van der Waals surface area contributed by atoms with Gasteiger partial charge in [-0.05, 0) is 206 Å². The third kappa shape index (κ3) is 16.5. The van der Waals surface area contributed by atoms with Crippen molar-refractivity contribution in [3.63, 3.8) is 0 Å². The number of aryl methyl sites for hydroxylation is 2. The molecule has 2 aromatic carbocycles. The van der Waals surface area contributed by atoms with Crippen molar-refractivity contribution in [2.24, 2.45) is 37.9 Å². The summed E-state index contributed by atoms with van der Waals surface area (Å²) < 4.78 is 55.6. The highest BCUT2D eigenvalue weighted by Gasteiger charge is 2.56. The topological polar surface area (TPSA) is 243 Å². The maximum absolute atomic E-state index is 14.3. The molecule has 5 rings (SSSR count). The van der Waals surface area contributed by atoms with Crippen LogP contribution in [0.15, 0.2) is 36.4 Å². The van der Waals surface area contributed by atoms with Gasteiger partial charge in [-0.1, -0.05) is 12.1 Å². The first-order valence-electron chi connectivity index (χ1n) is 28.5. The highest BCUT2D eigenvalue weighted by atomic mass is 16.7. The summed E-state index contributed by atoms with van der Waals surface area (Å²) in [7, 11) is 0. The molecule has 0 bridgehead atoms. The molecule has 1 radical (unpaired) electrons. The van der Waals surface area contributed by atoms with Crippen molar-refractivity contribution in [1.82, 2.24) is 0 Å². The van der Waals surface area contributed by atoms with Crippen molar-refractivity contribution in [2.75, 3.05) is 29.5 Å². The van der Waals surface area contributed by atoms with E-state index in [9.17, 15) is 43.2 Å². The van der Waals surface area contributed by atoms with Crippen molar-refractivity contribution < 1.29 is 85.8 Å². The van der Waals surface area contributed by atoms with E-state index in [1.807, 2.05) is 0 Å². The summed E-state index contributed by atoms with van der Waals surface area (Å²) in [6, 6.07) is 9.90. The summed E-state index contributed by atoms with van der Waals surface area (Å²) in [5, 5.41) is 0. The van der Waals surface area contributed by atoms with Gasteiger partial charge in [-0.2, -0.15) is 0 Å². The van der Waals surface area contributed by atoms with Crippen LogP contribution in [0.5, 0.6) is 0 Å². The lowest BCUT2D eigenvalue weighted by Gasteiger charge is -2.46. The number of benzene rings is 2. The lowest BCUT2D eigenvalue weighted by Crippen LogP contribution is -2.61. The van der Waals surface area contributed by atoms with Gasteiger partial charge in [0.25, 0.3) is 0 Å². The van der Waals surface area contributed by atoms with Crippen LogP contribution in [0.2, 0.25) is 0 Å². The number of piperazine rings is 1. The first-order chi connectivity index (χ1) is 38.1. The number of carbonyl (C=O) groups is 9. The number of anilines is 2. The monoisotopic (exact) mass is 1180 g/mol. The normalized spacial score (nSPS) is 23.9. The van der Waals surface area contributed by atoms with Crippen LogP contribution in [-0.4, -0.2) is 116 Å². The fourth-order valence-electron chi connectivity index (χ4n) is 8.55. The summed E-state index contributed by atoms with van der Waals surface area (Å²) in [4.78, 5) is 127. The predicted molar refractivity (Wildman–Crippen MR) is 309 cm³/mol. The Balaban J connectivity index is 1.51. The van der Waals surface area contributed by atoms with Gasteiger partial charge in [0, 0.05) is 11.4 Å². The van der Waals surface area contributed by atoms with Crippen LogP contribution in [0.4, 0.5) is 11.4 Å². The Morgan fingerprint density at radius 2 is 0.750 bits per heavy atom. The molecule has 0 aliphatic carbocycles. The molecule has 3 aliphatic heterocycles. The van der Waals surface area contributed by atoms with Crippen molar-refractivity contribution >= 4 is 65.0 Å². The first-order valence-corrected chi connectivity index (χ1v) is 28.5. The molecule has 3 saturated heterocycles. The molecule has 2 aromatic rings. The summed E-state index contributed by atoms with van der Waals surface area (Å²) in [6.45, 7) is 38.3. The van der Waals surface area contributed by atoms with Crippen LogP contribution in [0.3, 0.4) is 0 Å². The minimum atomic E-state index is -1.50. The third-order valence-corrected chi connectivity index (χ3v) is 14.0. The standard InChI is InChI=1S/C64H91N2O18/c1-34-28-36(24-26-38(34)44-48(82-55(73)62(15,16)17)47(81-54(72)61(12,13)14)41(32-76-44)79-52(70)59(6,7)8)65-30-43(68)66(31-42(65)67)37-25-27-39(35(2)29-37)45-49(83-56(74)63(18,19)20)50(84-57(75)64(21,22)23)46(80-53(71)60(9,10)11)40(78-45)33-77-51(69)58(3,4)5/h24-29,32,40-41,44-50H,30-31,33H2,1-23H3/t40-,41-,44-,45-,46-,47-,48-,49-,50+/m1/s1. The van der Waals surface area contributed by atoms with Crippen molar-refractivity contribution in [1.29, 1.82) is 0 Å². The minimum absolute atomic E-state index is 0.345. The van der Waals surface area contributed by atoms with Crippen LogP contribution >= 0.6 is 0 Å². The van der Waals surface area contributed by atoms with E-state index < -0.39 is 153 Å². The van der Waals surface area contributed by atoms with Crippen molar-refractivity contribution in [2.45, 2.75) is 214 Å². The zero-order chi connectivity index (χ0) is 63.9. The molecule has 465 valence electrons. The summed E-state index contributed by atoms with van der Waals surface area (Å²) >= 11 is 0. The summed E-state index contributed by atoms with van der Waals surface area (Å²) in [5.41, 5.74) is -4.45. The van der Waals surface area contributed by atoms with Crippen LogP contribution < -0.4 is 9.80 Å². The van der Waals surface area contributed by atoms with E-state index in [0.717, 1.165) is 0 Å². The number of rotatable bonds is 12. The van der Waals surface area contributed by atoms with Gasteiger partial charge in [-0.15, -0.1) is 0 Å². The largest absolute Gasteiger partial charge is 0.462 e. The molecule has 84 heavy (non-hydrogen) atoms. The molecule has 0 unspecified atom stereocenters. The highest BCUT2D eigenvalue weighted by Crippen LogP contribution is 2.44. The summed E-state index contributed by atoms with van der Waals surface area (Å²) in [5.74, 6) is -5.44. The molecule has 0 aromatic heterocycles. The third-order valence-electron chi connectivity index (χ3n) is 14.0. The van der Waals surface area contributed by atoms with E-state index in [0.29, 0.717) is 33.6 Å².